The van der Waals surface area contributed by atoms with Crippen LogP contribution < -0.4 is 4.74 Å². The molecule has 1 aromatic carbocycles. The lowest BCUT2D eigenvalue weighted by atomic mass is 10.0. The van der Waals surface area contributed by atoms with Crippen molar-refractivity contribution in [3.8, 4) is 5.75 Å². The van der Waals surface area contributed by atoms with Crippen LogP contribution in [0.15, 0.2) is 48.1 Å². The molecule has 2 aliphatic rings. The second kappa shape index (κ2) is 5.54. The fourth-order valence-electron chi connectivity index (χ4n) is 3.44. The zero-order valence-corrected chi connectivity index (χ0v) is 14.7. The molecule has 6 heteroatoms. The Kier molecular flexibility index (Phi) is 3.56. The topological polar surface area (TPSA) is 56.2 Å². The van der Waals surface area contributed by atoms with Crippen LogP contribution in [-0.2, 0) is 9.47 Å². The van der Waals surface area contributed by atoms with Gasteiger partial charge in [0.1, 0.15) is 5.69 Å². The number of aromatic nitrogens is 1. The predicted octanol–water partition coefficient (Wildman–Crippen LogP) is 3.25. The van der Waals surface area contributed by atoms with Gasteiger partial charge in [-0.25, -0.2) is 9.89 Å². The highest BCUT2D eigenvalue weighted by atomic mass is 16.8. The highest BCUT2D eigenvalue weighted by Crippen LogP contribution is 2.46. The van der Waals surface area contributed by atoms with Crippen molar-refractivity contribution >= 4 is 22.5 Å². The second-order valence-electron chi connectivity index (χ2n) is 6.79. The van der Waals surface area contributed by atoms with Crippen molar-refractivity contribution in [3.05, 3.63) is 43.1 Å². The zero-order valence-electron chi connectivity index (χ0n) is 14.7. The first kappa shape index (κ1) is 16.1. The minimum Gasteiger partial charge on any atom is -0.478 e. The molecular formula is C19H21N3O3. The number of nitrogens with zero attached hydrogens (tertiary/aromatic N) is 3. The summed E-state index contributed by atoms with van der Waals surface area (Å²) < 4.78 is 18.1. The first-order chi connectivity index (χ1) is 12.0. The van der Waals surface area contributed by atoms with Gasteiger partial charge in [0.25, 0.3) is 5.90 Å². The van der Waals surface area contributed by atoms with Crippen LogP contribution in [0.5, 0.6) is 5.75 Å². The summed E-state index contributed by atoms with van der Waals surface area (Å²) in [5.74, 6) is -0.160. The molecule has 0 bridgehead atoms. The summed E-state index contributed by atoms with van der Waals surface area (Å²) in [5, 5.41) is 0.914. The predicted molar refractivity (Wildman–Crippen MR) is 96.1 cm³/mol. The lowest BCUT2D eigenvalue weighted by Crippen LogP contribution is -2.61. The molecule has 1 fully saturated rings. The molecule has 0 N–H and O–H groups in total. The minimum absolute atomic E-state index is 0.247. The molecule has 0 saturated carbocycles. The molecule has 1 saturated heterocycles. The van der Waals surface area contributed by atoms with Crippen LogP contribution in [0, 0.1) is 0 Å². The van der Waals surface area contributed by atoms with Gasteiger partial charge in [-0.3, -0.25) is 4.98 Å². The van der Waals surface area contributed by atoms with Crippen LogP contribution >= 0.6 is 0 Å². The average Bonchev–Trinajstić information content (AvgIpc) is 2.86. The van der Waals surface area contributed by atoms with Gasteiger partial charge < -0.3 is 14.2 Å². The largest absolute Gasteiger partial charge is 0.478 e. The Morgan fingerprint density at radius 3 is 2.96 bits per heavy atom. The Morgan fingerprint density at radius 1 is 1.36 bits per heavy atom. The second-order valence-corrected chi connectivity index (χ2v) is 6.79. The van der Waals surface area contributed by atoms with Crippen molar-refractivity contribution < 1.29 is 14.2 Å². The van der Waals surface area contributed by atoms with E-state index in [1.807, 2.05) is 30.3 Å². The molecule has 1 aromatic heterocycles. The van der Waals surface area contributed by atoms with Crippen LogP contribution in [0.25, 0.3) is 10.9 Å². The van der Waals surface area contributed by atoms with Crippen molar-refractivity contribution in [2.75, 3.05) is 20.3 Å². The molecule has 130 valence electrons. The lowest BCUT2D eigenvalue weighted by Gasteiger charge is -2.41. The summed E-state index contributed by atoms with van der Waals surface area (Å²) in [5.41, 5.74) is 1.32. The molecule has 4 rings (SSSR count). The molecule has 1 unspecified atom stereocenters. The third kappa shape index (κ3) is 2.25. The van der Waals surface area contributed by atoms with E-state index in [4.69, 9.17) is 19.2 Å². The summed E-state index contributed by atoms with van der Waals surface area (Å²) in [7, 11) is 1.58. The van der Waals surface area contributed by atoms with Gasteiger partial charge in [0.2, 0.25) is 0 Å². The van der Waals surface area contributed by atoms with E-state index in [0.717, 1.165) is 10.9 Å². The standard InChI is InChI=1S/C19H21N3O3/c1-5-11-22-18(2,3)12-24-19(22)17(23-4)21-16-13-7-6-10-20-14(13)8-9-15(16)25-19/h5-10H,1,11-12H2,2-4H3. The Balaban J connectivity index is 1.90. The van der Waals surface area contributed by atoms with Crippen LogP contribution in [0.3, 0.4) is 0 Å². The number of benzene rings is 1. The fraction of sp³-hybridized carbons (Fsp3) is 0.368. The molecule has 6 nitrogen and oxygen atoms in total. The summed E-state index contributed by atoms with van der Waals surface area (Å²) in [4.78, 5) is 11.2. The summed E-state index contributed by atoms with van der Waals surface area (Å²) in [6.07, 6.45) is 3.59. The number of hydrogen-bond donors (Lipinski definition) is 0. The maximum Gasteiger partial charge on any atom is 0.354 e. The summed E-state index contributed by atoms with van der Waals surface area (Å²) >= 11 is 0. The van der Waals surface area contributed by atoms with Crippen LogP contribution in [0.2, 0.25) is 0 Å². The SMILES string of the molecule is C=CCN1C(C)(C)COC12Oc1ccc3ncccc3c1N=C2OC. The Bertz CT molecular complexity index is 877. The van der Waals surface area contributed by atoms with Gasteiger partial charge in [0, 0.05) is 23.7 Å². The first-order valence-corrected chi connectivity index (χ1v) is 8.24. The van der Waals surface area contributed by atoms with E-state index in [9.17, 15) is 0 Å². The van der Waals surface area contributed by atoms with E-state index < -0.39 is 5.91 Å². The average molecular weight is 339 g/mol. The number of fused-ring (bicyclic) bond motifs is 3. The molecule has 2 aliphatic heterocycles. The van der Waals surface area contributed by atoms with E-state index >= 15 is 0 Å². The monoisotopic (exact) mass is 339 g/mol. The first-order valence-electron chi connectivity index (χ1n) is 8.24. The minimum atomic E-state index is -1.19. The Hall–Kier alpha value is -2.44. The molecule has 2 aromatic rings. The van der Waals surface area contributed by atoms with Gasteiger partial charge in [-0.05, 0) is 38.1 Å². The van der Waals surface area contributed by atoms with Crippen molar-refractivity contribution in [2.45, 2.75) is 25.3 Å². The number of methoxy groups -OCH3 is 1. The smallest absolute Gasteiger partial charge is 0.354 e. The van der Waals surface area contributed by atoms with Crippen molar-refractivity contribution in [2.24, 2.45) is 4.99 Å². The van der Waals surface area contributed by atoms with Gasteiger partial charge in [-0.2, -0.15) is 0 Å². The third-order valence-corrected chi connectivity index (χ3v) is 4.66. The number of aliphatic imine (C=N–C) groups is 1. The third-order valence-electron chi connectivity index (χ3n) is 4.66. The number of rotatable bonds is 2. The lowest BCUT2D eigenvalue weighted by molar-refractivity contribution is -0.183. The Labute approximate surface area is 146 Å². The van der Waals surface area contributed by atoms with Crippen molar-refractivity contribution in [1.29, 1.82) is 0 Å². The normalized spacial score (nSPS) is 24.7. The summed E-state index contributed by atoms with van der Waals surface area (Å²) in [6, 6.07) is 7.66. The van der Waals surface area contributed by atoms with Gasteiger partial charge in [-0.1, -0.05) is 6.08 Å². The molecule has 0 aliphatic carbocycles. The quantitative estimate of drug-likeness (QED) is 0.786. The summed E-state index contributed by atoms with van der Waals surface area (Å²) in [6.45, 7) is 9.14. The van der Waals surface area contributed by atoms with Gasteiger partial charge >= 0.3 is 5.91 Å². The number of hydrogen-bond acceptors (Lipinski definition) is 6. The molecule has 1 spiro atoms. The molecule has 25 heavy (non-hydrogen) atoms. The fourth-order valence-corrected chi connectivity index (χ4v) is 3.44. The van der Waals surface area contributed by atoms with Gasteiger partial charge in [0.15, 0.2) is 5.75 Å². The van der Waals surface area contributed by atoms with Crippen LogP contribution in [-0.4, -0.2) is 47.5 Å². The van der Waals surface area contributed by atoms with E-state index in [1.165, 1.54) is 0 Å². The molecule has 0 amide bonds. The number of pyridine rings is 1. The van der Waals surface area contributed by atoms with E-state index in [1.54, 1.807) is 13.3 Å². The van der Waals surface area contributed by atoms with Crippen molar-refractivity contribution in [1.82, 2.24) is 9.88 Å². The van der Waals surface area contributed by atoms with Crippen LogP contribution in [0.1, 0.15) is 13.8 Å². The maximum atomic E-state index is 6.37. The number of ether oxygens (including phenoxy) is 3. The molecule has 0 radical (unpaired) electrons. The molecular weight excluding hydrogens is 318 g/mol. The highest BCUT2D eigenvalue weighted by Gasteiger charge is 2.60. The van der Waals surface area contributed by atoms with Crippen molar-refractivity contribution in [3.63, 3.8) is 0 Å². The maximum absolute atomic E-state index is 6.37. The van der Waals surface area contributed by atoms with E-state index in [-0.39, 0.29) is 5.54 Å². The molecule has 3 heterocycles. The molecule has 1 atom stereocenters. The van der Waals surface area contributed by atoms with Gasteiger partial charge in [-0.15, -0.1) is 6.58 Å². The zero-order chi connectivity index (χ0) is 17.7. The Morgan fingerprint density at radius 2 is 2.20 bits per heavy atom. The van der Waals surface area contributed by atoms with Gasteiger partial charge in [0.05, 0.1) is 19.2 Å². The van der Waals surface area contributed by atoms with E-state index in [0.29, 0.717) is 30.5 Å². The van der Waals surface area contributed by atoms with E-state index in [2.05, 4.69) is 30.3 Å². The highest BCUT2D eigenvalue weighted by molar-refractivity contribution is 5.99. The van der Waals surface area contributed by atoms with Crippen LogP contribution in [0.4, 0.5) is 5.69 Å².